The molecule has 0 aliphatic heterocycles. The summed E-state index contributed by atoms with van der Waals surface area (Å²) in [4.78, 5) is 19.8. The summed E-state index contributed by atoms with van der Waals surface area (Å²) in [7, 11) is 0. The highest BCUT2D eigenvalue weighted by molar-refractivity contribution is 7.21. The maximum absolute atomic E-state index is 12.5. The number of nitrogens with zero attached hydrogens (tertiary/aromatic N) is 2. The van der Waals surface area contributed by atoms with Gasteiger partial charge in [0.25, 0.3) is 5.91 Å². The molecular weight excluding hydrogens is 274 g/mol. The van der Waals surface area contributed by atoms with Crippen LogP contribution in [0.15, 0.2) is 6.07 Å². The Bertz CT molecular complexity index is 651. The van der Waals surface area contributed by atoms with E-state index in [4.69, 9.17) is 10.8 Å². The van der Waals surface area contributed by atoms with Crippen LogP contribution in [0.2, 0.25) is 0 Å². The quantitative estimate of drug-likeness (QED) is 0.903. The molecule has 0 saturated heterocycles. The number of aliphatic hydroxyl groups is 1. The first-order valence-corrected chi connectivity index (χ1v) is 7.37. The van der Waals surface area contributed by atoms with Gasteiger partial charge in [0.2, 0.25) is 0 Å². The zero-order chi connectivity index (χ0) is 14.9. The molecule has 0 saturated carbocycles. The van der Waals surface area contributed by atoms with E-state index in [1.807, 2.05) is 26.8 Å². The molecule has 0 unspecified atom stereocenters. The number of hydrogen-bond acceptors (Lipinski definition) is 5. The summed E-state index contributed by atoms with van der Waals surface area (Å²) in [5.74, 6) is -0.140. The predicted octanol–water partition coefficient (Wildman–Crippen LogP) is 1.95. The minimum Gasteiger partial charge on any atom is -0.397 e. The predicted molar refractivity (Wildman–Crippen MR) is 82.2 cm³/mol. The van der Waals surface area contributed by atoms with E-state index in [0.717, 1.165) is 21.5 Å². The number of carbonyl (C=O) groups excluding carboxylic acids is 1. The van der Waals surface area contributed by atoms with Crippen molar-refractivity contribution in [1.82, 2.24) is 9.88 Å². The molecule has 0 fully saturated rings. The van der Waals surface area contributed by atoms with Crippen LogP contribution in [0, 0.1) is 13.8 Å². The van der Waals surface area contributed by atoms with Gasteiger partial charge in [-0.1, -0.05) is 0 Å². The molecule has 0 bridgehead atoms. The lowest BCUT2D eigenvalue weighted by atomic mass is 10.1. The van der Waals surface area contributed by atoms with Gasteiger partial charge in [-0.2, -0.15) is 0 Å². The van der Waals surface area contributed by atoms with Crippen LogP contribution in [-0.4, -0.2) is 40.6 Å². The largest absolute Gasteiger partial charge is 0.397 e. The first kappa shape index (κ1) is 14.7. The molecule has 20 heavy (non-hydrogen) atoms. The van der Waals surface area contributed by atoms with Crippen molar-refractivity contribution >= 4 is 33.1 Å². The zero-order valence-electron chi connectivity index (χ0n) is 11.9. The van der Waals surface area contributed by atoms with Gasteiger partial charge in [-0.3, -0.25) is 4.79 Å². The van der Waals surface area contributed by atoms with Crippen LogP contribution in [0.5, 0.6) is 0 Å². The summed E-state index contributed by atoms with van der Waals surface area (Å²) in [6, 6.07) is 1.96. The summed E-state index contributed by atoms with van der Waals surface area (Å²) in [5.41, 5.74) is 8.58. The molecule has 0 aliphatic carbocycles. The van der Waals surface area contributed by atoms with Crippen LogP contribution in [-0.2, 0) is 0 Å². The Kier molecular flexibility index (Phi) is 4.25. The van der Waals surface area contributed by atoms with Crippen molar-refractivity contribution in [2.75, 3.05) is 25.4 Å². The van der Waals surface area contributed by atoms with Gasteiger partial charge >= 0.3 is 0 Å². The van der Waals surface area contributed by atoms with Crippen LogP contribution in [0.25, 0.3) is 10.2 Å². The fraction of sp³-hybridized carbons (Fsp3) is 0.429. The van der Waals surface area contributed by atoms with E-state index in [1.54, 1.807) is 4.90 Å². The van der Waals surface area contributed by atoms with Gasteiger partial charge in [-0.05, 0) is 32.4 Å². The summed E-state index contributed by atoms with van der Waals surface area (Å²) >= 11 is 1.32. The van der Waals surface area contributed by atoms with Gasteiger partial charge in [-0.15, -0.1) is 11.3 Å². The highest BCUT2D eigenvalue weighted by atomic mass is 32.1. The van der Waals surface area contributed by atoms with Crippen LogP contribution in [0.3, 0.4) is 0 Å². The number of nitrogen functional groups attached to an aromatic ring is 1. The molecule has 6 heteroatoms. The van der Waals surface area contributed by atoms with E-state index < -0.39 is 0 Å². The Labute approximate surface area is 122 Å². The molecule has 0 spiro atoms. The molecule has 0 atom stereocenters. The smallest absolute Gasteiger partial charge is 0.266 e. The summed E-state index contributed by atoms with van der Waals surface area (Å²) in [6.45, 7) is 6.58. The number of fused-ring (bicyclic) bond motifs is 1. The number of pyridine rings is 1. The zero-order valence-corrected chi connectivity index (χ0v) is 12.8. The Hall–Kier alpha value is -1.66. The number of amides is 1. The van der Waals surface area contributed by atoms with Gasteiger partial charge in [0.1, 0.15) is 9.71 Å². The molecule has 0 aliphatic rings. The molecule has 0 aromatic carbocycles. The SMILES string of the molecule is CCN(CCO)C(=O)c1sc2nc(C)cc(C)c2c1N. The number of aryl methyl sites for hydroxylation is 2. The Morgan fingerprint density at radius 3 is 2.80 bits per heavy atom. The van der Waals surface area contributed by atoms with Crippen LogP contribution >= 0.6 is 11.3 Å². The van der Waals surface area contributed by atoms with Crippen molar-refractivity contribution in [3.63, 3.8) is 0 Å². The van der Waals surface area contributed by atoms with Gasteiger partial charge in [0.15, 0.2) is 0 Å². The van der Waals surface area contributed by atoms with Gasteiger partial charge < -0.3 is 15.7 Å². The number of aromatic nitrogens is 1. The third-order valence-electron chi connectivity index (χ3n) is 3.26. The Morgan fingerprint density at radius 1 is 1.50 bits per heavy atom. The lowest BCUT2D eigenvalue weighted by molar-refractivity contribution is 0.0738. The molecular formula is C14H19N3O2S. The lowest BCUT2D eigenvalue weighted by Crippen LogP contribution is -2.33. The minimum atomic E-state index is -0.140. The fourth-order valence-corrected chi connectivity index (χ4v) is 3.48. The number of hydrogen-bond donors (Lipinski definition) is 2. The van der Waals surface area contributed by atoms with Gasteiger partial charge in [0.05, 0.1) is 12.3 Å². The third kappa shape index (κ3) is 2.48. The van der Waals surface area contributed by atoms with Crippen molar-refractivity contribution in [3.8, 4) is 0 Å². The molecule has 108 valence electrons. The third-order valence-corrected chi connectivity index (χ3v) is 4.34. The van der Waals surface area contributed by atoms with Crippen molar-refractivity contribution in [1.29, 1.82) is 0 Å². The van der Waals surface area contributed by atoms with E-state index in [0.29, 0.717) is 23.7 Å². The van der Waals surface area contributed by atoms with Crippen LogP contribution < -0.4 is 5.73 Å². The van der Waals surface area contributed by atoms with Gasteiger partial charge in [0, 0.05) is 24.2 Å². The monoisotopic (exact) mass is 293 g/mol. The average Bonchev–Trinajstić information content (AvgIpc) is 2.72. The second-order valence-electron chi connectivity index (χ2n) is 4.71. The number of nitrogens with two attached hydrogens (primary N) is 1. The Balaban J connectivity index is 2.53. The number of rotatable bonds is 4. The van der Waals surface area contributed by atoms with Crippen molar-refractivity contribution in [3.05, 3.63) is 22.2 Å². The average molecular weight is 293 g/mol. The number of aliphatic hydroxyl groups excluding tert-OH is 1. The topological polar surface area (TPSA) is 79.5 Å². The summed E-state index contributed by atoms with van der Waals surface area (Å²) in [6.07, 6.45) is 0. The standard InChI is InChI=1S/C14H19N3O2S/c1-4-17(5-6-18)14(19)12-11(15)10-8(2)7-9(3)16-13(10)20-12/h7,18H,4-6,15H2,1-3H3. The molecule has 1 amide bonds. The summed E-state index contributed by atoms with van der Waals surface area (Å²) < 4.78 is 0. The number of thiophene rings is 1. The van der Waals surface area contributed by atoms with E-state index in [9.17, 15) is 4.79 Å². The van der Waals surface area contributed by atoms with E-state index in [1.165, 1.54) is 11.3 Å². The highest BCUT2D eigenvalue weighted by Crippen LogP contribution is 2.35. The molecule has 2 heterocycles. The van der Waals surface area contributed by atoms with Crippen LogP contribution in [0.1, 0.15) is 27.9 Å². The highest BCUT2D eigenvalue weighted by Gasteiger charge is 2.22. The van der Waals surface area contributed by atoms with Crippen molar-refractivity contribution < 1.29 is 9.90 Å². The molecule has 5 nitrogen and oxygen atoms in total. The molecule has 3 N–H and O–H groups in total. The number of carbonyl (C=O) groups is 1. The molecule has 0 radical (unpaired) electrons. The first-order valence-electron chi connectivity index (χ1n) is 6.56. The maximum Gasteiger partial charge on any atom is 0.266 e. The van der Waals surface area contributed by atoms with Crippen molar-refractivity contribution in [2.24, 2.45) is 0 Å². The molecule has 2 rings (SSSR count). The van der Waals surface area contributed by atoms with E-state index >= 15 is 0 Å². The van der Waals surface area contributed by atoms with E-state index in [-0.39, 0.29) is 12.5 Å². The van der Waals surface area contributed by atoms with Crippen LogP contribution in [0.4, 0.5) is 5.69 Å². The normalized spacial score (nSPS) is 11.0. The first-order chi connectivity index (χ1) is 9.49. The Morgan fingerprint density at radius 2 is 2.20 bits per heavy atom. The second-order valence-corrected chi connectivity index (χ2v) is 5.71. The minimum absolute atomic E-state index is 0.0548. The fourth-order valence-electron chi connectivity index (χ4n) is 2.30. The number of anilines is 1. The maximum atomic E-state index is 12.5. The lowest BCUT2D eigenvalue weighted by Gasteiger charge is -2.18. The summed E-state index contributed by atoms with van der Waals surface area (Å²) in [5, 5.41) is 9.88. The van der Waals surface area contributed by atoms with Gasteiger partial charge in [-0.25, -0.2) is 4.98 Å². The molecule has 2 aromatic rings. The van der Waals surface area contributed by atoms with E-state index in [2.05, 4.69) is 4.98 Å². The molecule has 2 aromatic heterocycles. The number of likely N-dealkylation sites (N-methyl/N-ethyl adjacent to an activating group) is 1. The van der Waals surface area contributed by atoms with Crippen molar-refractivity contribution in [2.45, 2.75) is 20.8 Å². The second kappa shape index (κ2) is 5.76.